The first-order valence-corrected chi connectivity index (χ1v) is 44.7. The van der Waals surface area contributed by atoms with Gasteiger partial charge in [-0.05, 0) is 154 Å². The lowest BCUT2D eigenvalue weighted by Gasteiger charge is -2.21. The van der Waals surface area contributed by atoms with Crippen LogP contribution in [0.25, 0.3) is 0 Å². The molecule has 5 atom stereocenters. The number of phosphoric acid groups is 2. The fourth-order valence-corrected chi connectivity index (χ4v) is 11.9. The number of ether oxygens (including phenoxy) is 4. The monoisotopic (exact) mass is 1570 g/mol. The van der Waals surface area contributed by atoms with E-state index in [1.165, 1.54) is 51.4 Å². The Labute approximate surface area is 666 Å². The Morgan fingerprint density at radius 1 is 0.264 bits per heavy atom. The zero-order valence-corrected chi connectivity index (χ0v) is 69.9. The molecule has 622 valence electrons. The lowest BCUT2D eigenvalue weighted by atomic mass is 10.0. The molecule has 2 unspecified atom stereocenters. The SMILES string of the molecule is CC/C=C\C/C=C\C/C=C\C/C=C\C/C=C\C/C=C\CCC(=O)O[C@H](COC(=O)CCCCC/C=C\C/C=C\C/C=C\C/C=C\C/C=C\CC)COP(=O)(O)OC[C@@H](O)COP(=O)(O)OC[C@@H](COC(=O)CCCCC/C=C\C/C=C\C/C=C\C/C=C\C/C=C\CC)OC(=O)CCCCCCCCCCCCCCC. The quantitative estimate of drug-likeness (QED) is 0.0169. The summed E-state index contributed by atoms with van der Waals surface area (Å²) < 4.78 is 68.6. The van der Waals surface area contributed by atoms with Gasteiger partial charge in [0.15, 0.2) is 12.2 Å². The number of aliphatic hydroxyl groups is 1. The van der Waals surface area contributed by atoms with Crippen molar-refractivity contribution in [2.45, 2.75) is 316 Å². The topological polar surface area (TPSA) is 237 Å². The minimum absolute atomic E-state index is 0.0461. The van der Waals surface area contributed by atoms with Crippen LogP contribution in [0.1, 0.15) is 297 Å². The molecule has 0 aliphatic heterocycles. The minimum Gasteiger partial charge on any atom is -0.462 e. The molecule has 17 nitrogen and oxygen atoms in total. The highest BCUT2D eigenvalue weighted by Crippen LogP contribution is 2.45. The van der Waals surface area contributed by atoms with Gasteiger partial charge in [-0.15, -0.1) is 0 Å². The summed E-state index contributed by atoms with van der Waals surface area (Å²) in [5.74, 6) is -2.36. The van der Waals surface area contributed by atoms with Gasteiger partial charge in [-0.1, -0.05) is 312 Å². The molecule has 0 rings (SSSR count). The normalized spacial score (nSPS) is 14.8. The molecule has 0 amide bonds. The maximum Gasteiger partial charge on any atom is 0.472 e. The number of hydrogen-bond donors (Lipinski definition) is 3. The maximum atomic E-state index is 13.1. The summed E-state index contributed by atoms with van der Waals surface area (Å²) in [5, 5.41) is 10.7. The first-order valence-electron chi connectivity index (χ1n) is 41.7. The van der Waals surface area contributed by atoms with E-state index in [2.05, 4.69) is 204 Å². The van der Waals surface area contributed by atoms with Crippen LogP contribution < -0.4 is 0 Å². The molecule has 0 heterocycles. The second-order valence-electron chi connectivity index (χ2n) is 26.9. The zero-order valence-electron chi connectivity index (χ0n) is 68.1. The molecule has 0 aromatic heterocycles. The van der Waals surface area contributed by atoms with Crippen molar-refractivity contribution in [1.82, 2.24) is 0 Å². The molecule has 0 fully saturated rings. The van der Waals surface area contributed by atoms with Crippen LogP contribution in [-0.2, 0) is 65.4 Å². The summed E-state index contributed by atoms with van der Waals surface area (Å²) in [4.78, 5) is 73.2. The van der Waals surface area contributed by atoms with Crippen LogP contribution in [-0.4, -0.2) is 96.7 Å². The van der Waals surface area contributed by atoms with Crippen molar-refractivity contribution >= 4 is 39.5 Å². The Balaban J connectivity index is 5.51. The molecule has 0 saturated carbocycles. The van der Waals surface area contributed by atoms with Gasteiger partial charge in [-0.2, -0.15) is 0 Å². The van der Waals surface area contributed by atoms with Gasteiger partial charge in [-0.25, -0.2) is 9.13 Å². The lowest BCUT2D eigenvalue weighted by molar-refractivity contribution is -0.161. The summed E-state index contributed by atoms with van der Waals surface area (Å²) in [6, 6.07) is 0. The largest absolute Gasteiger partial charge is 0.472 e. The van der Waals surface area contributed by atoms with Gasteiger partial charge in [0, 0.05) is 25.7 Å². The first kappa shape index (κ1) is 104. The summed E-state index contributed by atoms with van der Waals surface area (Å²) >= 11 is 0. The van der Waals surface area contributed by atoms with E-state index in [-0.39, 0.29) is 25.7 Å². The number of esters is 4. The van der Waals surface area contributed by atoms with Gasteiger partial charge in [-0.3, -0.25) is 37.3 Å². The molecule has 19 heteroatoms. The third-order valence-electron chi connectivity index (χ3n) is 16.6. The van der Waals surface area contributed by atoms with Crippen molar-refractivity contribution in [2.24, 2.45) is 0 Å². The summed E-state index contributed by atoms with van der Waals surface area (Å²) in [7, 11) is -10.0. The molecule has 0 aliphatic rings. The highest BCUT2D eigenvalue weighted by Gasteiger charge is 2.30. The Morgan fingerprint density at radius 3 is 0.782 bits per heavy atom. The number of carbonyl (C=O) groups is 4. The number of hydrogen-bond acceptors (Lipinski definition) is 15. The average molecular weight is 1570 g/mol. The van der Waals surface area contributed by atoms with Crippen LogP contribution in [0.3, 0.4) is 0 Å². The number of phosphoric ester groups is 2. The molecule has 3 N–H and O–H groups in total. The first-order chi connectivity index (χ1) is 53.7. The Morgan fingerprint density at radius 2 is 0.491 bits per heavy atom. The molecule has 0 bridgehead atoms. The van der Waals surface area contributed by atoms with Crippen molar-refractivity contribution in [3.05, 3.63) is 194 Å². The number of carbonyl (C=O) groups excluding carboxylic acids is 4. The van der Waals surface area contributed by atoms with Gasteiger partial charge >= 0.3 is 39.5 Å². The van der Waals surface area contributed by atoms with E-state index < -0.39 is 97.5 Å². The van der Waals surface area contributed by atoms with Gasteiger partial charge in [0.2, 0.25) is 0 Å². The van der Waals surface area contributed by atoms with E-state index in [1.807, 2.05) is 18.2 Å². The fraction of sp³-hybridized carbons (Fsp3) is 0.604. The number of rotatable bonds is 76. The molecule has 0 saturated heterocycles. The van der Waals surface area contributed by atoms with Gasteiger partial charge in [0.1, 0.15) is 19.3 Å². The average Bonchev–Trinajstić information content (AvgIpc) is 0.910. The van der Waals surface area contributed by atoms with Crippen molar-refractivity contribution < 1.29 is 80.2 Å². The van der Waals surface area contributed by atoms with Crippen LogP contribution >= 0.6 is 15.6 Å². The predicted octanol–water partition coefficient (Wildman–Crippen LogP) is 24.9. The predicted molar refractivity (Wildman–Crippen MR) is 454 cm³/mol. The molecular weight excluding hydrogens is 1430 g/mol. The summed E-state index contributed by atoms with van der Waals surface area (Å²) in [6.45, 7) is 4.36. The van der Waals surface area contributed by atoms with Crippen molar-refractivity contribution in [1.29, 1.82) is 0 Å². The highest BCUT2D eigenvalue weighted by atomic mass is 31.2. The molecule has 0 spiro atoms. The minimum atomic E-state index is -5.02. The van der Waals surface area contributed by atoms with E-state index in [9.17, 15) is 43.2 Å². The third-order valence-corrected chi connectivity index (χ3v) is 18.5. The second kappa shape index (κ2) is 80.9. The maximum absolute atomic E-state index is 13.1. The molecule has 0 aliphatic carbocycles. The molecule has 0 aromatic carbocycles. The summed E-state index contributed by atoms with van der Waals surface area (Å²) in [5.41, 5.74) is 0. The standard InChI is InChI=1S/C91H146O17P2/c1-5-9-13-17-21-25-29-33-36-39-42-45-48-52-55-59-63-67-71-75-88(93)101-81-86(107-90(95)77-73-69-65-61-57-51-32-28-24-20-16-12-8-4)83-105-109(97,98)103-79-85(92)80-104-110(99,100)106-84-87(108-91(96)78-74-70-66-62-58-54-50-47-44-41-38-35-31-27-23-19-15-11-7-3)82-102-89(94)76-72-68-64-60-56-53-49-46-43-40-37-34-30-26-22-18-14-10-6-2/h9-11,13-15,21-23,25-27,33-38,42-47,52-56,58,66,70,85-87,92H,5-8,12,16-20,24,28-32,39-41,48-51,57,59-65,67-69,71-84H2,1-4H3,(H,97,98)(H,99,100)/b13-9-,14-10-,15-11-,25-21-,26-22-,27-23-,36-33-,37-34-,38-35-,45-42-,46-43-,47-44-,55-52-,56-53-,58-54-,70-66-/t85-,86+,87+/m0/s1. The van der Waals surface area contributed by atoms with Crippen LogP contribution in [0, 0.1) is 0 Å². The fourth-order valence-electron chi connectivity index (χ4n) is 10.4. The number of allylic oxidation sites excluding steroid dienone is 32. The van der Waals surface area contributed by atoms with Crippen LogP contribution in [0.15, 0.2) is 194 Å². The number of unbranched alkanes of at least 4 members (excludes halogenated alkanes) is 18. The molecular formula is C91H146O17P2. The Hall–Kier alpha value is -6.10. The Bertz CT molecular complexity index is 2850. The van der Waals surface area contributed by atoms with Crippen molar-refractivity contribution in [3.63, 3.8) is 0 Å². The van der Waals surface area contributed by atoms with Crippen LogP contribution in [0.4, 0.5) is 0 Å². The van der Waals surface area contributed by atoms with E-state index in [0.29, 0.717) is 32.1 Å². The van der Waals surface area contributed by atoms with Crippen LogP contribution in [0.5, 0.6) is 0 Å². The van der Waals surface area contributed by atoms with Gasteiger partial charge in [0.05, 0.1) is 26.4 Å². The molecule has 0 radical (unpaired) electrons. The number of aliphatic hydroxyl groups excluding tert-OH is 1. The third kappa shape index (κ3) is 80.0. The molecule has 0 aromatic rings. The highest BCUT2D eigenvalue weighted by molar-refractivity contribution is 7.47. The Kier molecular flexibility index (Phi) is 76.4. The van der Waals surface area contributed by atoms with E-state index in [1.54, 1.807) is 0 Å². The van der Waals surface area contributed by atoms with Gasteiger partial charge < -0.3 is 33.8 Å². The van der Waals surface area contributed by atoms with Crippen molar-refractivity contribution in [2.75, 3.05) is 39.6 Å². The smallest absolute Gasteiger partial charge is 0.462 e. The van der Waals surface area contributed by atoms with E-state index in [4.69, 9.17) is 37.0 Å². The van der Waals surface area contributed by atoms with E-state index >= 15 is 0 Å². The van der Waals surface area contributed by atoms with Crippen molar-refractivity contribution in [3.8, 4) is 0 Å². The van der Waals surface area contributed by atoms with E-state index in [0.717, 1.165) is 161 Å². The zero-order chi connectivity index (χ0) is 80.3. The van der Waals surface area contributed by atoms with Crippen LogP contribution in [0.2, 0.25) is 0 Å². The molecule has 110 heavy (non-hydrogen) atoms. The lowest BCUT2D eigenvalue weighted by Crippen LogP contribution is -2.30. The summed E-state index contributed by atoms with van der Waals surface area (Å²) in [6.07, 6.45) is 99.9. The van der Waals surface area contributed by atoms with Gasteiger partial charge in [0.25, 0.3) is 0 Å². The second-order valence-corrected chi connectivity index (χ2v) is 29.8.